The molecule has 33 heavy (non-hydrogen) atoms. The zero-order valence-electron chi connectivity index (χ0n) is 21.2. The highest BCUT2D eigenvalue weighted by Crippen LogP contribution is 2.64. The van der Waals surface area contributed by atoms with Crippen molar-refractivity contribution < 1.29 is 18.7 Å². The summed E-state index contributed by atoms with van der Waals surface area (Å²) in [6, 6.07) is 7.34. The van der Waals surface area contributed by atoms with Crippen LogP contribution in [0.25, 0.3) is 0 Å². The molecule has 0 bridgehead atoms. The number of hydrogen-bond acceptors (Lipinski definition) is 4. The molecule has 0 amide bonds. The molecule has 0 spiro atoms. The Morgan fingerprint density at radius 2 is 1.27 bits per heavy atom. The smallest absolute Gasteiger partial charge is 0.363 e. The van der Waals surface area contributed by atoms with E-state index in [9.17, 15) is 9.67 Å². The molecule has 0 radical (unpaired) electrons. The van der Waals surface area contributed by atoms with Gasteiger partial charge in [-0.05, 0) is 78.9 Å². The second-order valence-electron chi connectivity index (χ2n) is 11.4. The van der Waals surface area contributed by atoms with Gasteiger partial charge in [-0.15, -0.1) is 0 Å². The molecule has 1 N–H and O–H groups in total. The molecule has 0 saturated heterocycles. The highest BCUT2D eigenvalue weighted by molar-refractivity contribution is 9.10. The summed E-state index contributed by atoms with van der Waals surface area (Å²) < 4.78 is 28.5. The molecule has 1 aromatic carbocycles. The Morgan fingerprint density at radius 1 is 0.848 bits per heavy atom. The van der Waals surface area contributed by atoms with Crippen LogP contribution in [0.4, 0.5) is 0 Å². The molecule has 0 heterocycles. The van der Waals surface area contributed by atoms with Crippen LogP contribution in [0.5, 0.6) is 0 Å². The average molecular weight is 544 g/mol. The van der Waals surface area contributed by atoms with Crippen LogP contribution in [0.3, 0.4) is 0 Å². The molecular formula is C27H44BrO4P. The third-order valence-corrected chi connectivity index (χ3v) is 10.5. The number of benzene rings is 1. The van der Waals surface area contributed by atoms with Gasteiger partial charge in [0.1, 0.15) is 0 Å². The fourth-order valence-electron chi connectivity index (χ4n) is 5.81. The lowest BCUT2D eigenvalue weighted by Gasteiger charge is -2.42. The molecule has 8 atom stereocenters. The maximum atomic E-state index is 14.6. The van der Waals surface area contributed by atoms with E-state index in [1.165, 1.54) is 12.8 Å². The van der Waals surface area contributed by atoms with Gasteiger partial charge in [-0.25, -0.2) is 0 Å². The quantitative estimate of drug-likeness (QED) is 0.334. The predicted octanol–water partition coefficient (Wildman–Crippen LogP) is 8.59. The molecule has 188 valence electrons. The summed E-state index contributed by atoms with van der Waals surface area (Å²) in [7, 11) is -3.85. The Morgan fingerprint density at radius 3 is 1.67 bits per heavy atom. The third-order valence-electron chi connectivity index (χ3n) is 7.95. The Bertz CT molecular complexity index is 758. The number of hydrogen-bond donors (Lipinski definition) is 1. The second-order valence-corrected chi connectivity index (χ2v) is 14.3. The van der Waals surface area contributed by atoms with Gasteiger partial charge in [0.2, 0.25) is 0 Å². The second kappa shape index (κ2) is 11.7. The normalized spacial score (nSPS) is 33.8. The Balaban J connectivity index is 1.94. The van der Waals surface area contributed by atoms with Crippen molar-refractivity contribution in [2.75, 3.05) is 0 Å². The molecule has 2 fully saturated rings. The molecule has 3 rings (SSSR count). The standard InChI is InChI=1S/C27H44BrO4P/c1-17(2)23-13-7-19(5)15-25(23)31-33(30,27(29)21-9-11-22(28)12-10-21)32-26-16-20(6)8-14-24(26)18(3)4/h9-12,17-20,23-27,29H,7-8,13-16H2,1-6H3/t19-,20+,23-,24-,25-,26-,27+,33?/m1/s1. The Kier molecular flexibility index (Phi) is 9.71. The largest absolute Gasteiger partial charge is 0.376 e. The van der Waals surface area contributed by atoms with Gasteiger partial charge in [0.15, 0.2) is 5.85 Å². The Hall–Kier alpha value is -0.190. The van der Waals surface area contributed by atoms with Gasteiger partial charge in [0, 0.05) is 4.47 Å². The van der Waals surface area contributed by atoms with Crippen LogP contribution >= 0.6 is 23.5 Å². The summed E-state index contributed by atoms with van der Waals surface area (Å²) >= 11 is 3.45. The van der Waals surface area contributed by atoms with E-state index in [1.54, 1.807) is 12.1 Å². The lowest BCUT2D eigenvalue weighted by molar-refractivity contribution is -0.0153. The molecule has 1 unspecified atom stereocenters. The third kappa shape index (κ3) is 6.94. The summed E-state index contributed by atoms with van der Waals surface area (Å²) in [4.78, 5) is 0. The van der Waals surface area contributed by atoms with Crippen LogP contribution in [0.1, 0.15) is 91.5 Å². The maximum Gasteiger partial charge on any atom is 0.363 e. The minimum atomic E-state index is -3.85. The summed E-state index contributed by atoms with van der Waals surface area (Å²) in [6.45, 7) is 13.3. The number of aliphatic hydroxyl groups excluding tert-OH is 1. The predicted molar refractivity (Wildman–Crippen MR) is 139 cm³/mol. The first kappa shape index (κ1) is 27.4. The lowest BCUT2D eigenvalue weighted by Crippen LogP contribution is -2.37. The molecule has 1 aromatic rings. The fraction of sp³-hybridized carbons (Fsp3) is 0.778. The van der Waals surface area contributed by atoms with Crippen molar-refractivity contribution in [3.05, 3.63) is 34.3 Å². The van der Waals surface area contributed by atoms with Crippen LogP contribution in [-0.2, 0) is 13.6 Å². The highest BCUT2D eigenvalue weighted by Gasteiger charge is 2.46. The molecule has 2 aliphatic rings. The molecule has 0 aliphatic heterocycles. The monoisotopic (exact) mass is 542 g/mol. The van der Waals surface area contributed by atoms with Gasteiger partial charge in [-0.2, -0.15) is 0 Å². The van der Waals surface area contributed by atoms with Crippen molar-refractivity contribution in [1.82, 2.24) is 0 Å². The van der Waals surface area contributed by atoms with Gasteiger partial charge >= 0.3 is 7.60 Å². The maximum absolute atomic E-state index is 14.6. The first-order valence-electron chi connectivity index (χ1n) is 12.9. The Labute approximate surface area is 209 Å². The average Bonchev–Trinajstić information content (AvgIpc) is 2.73. The molecule has 4 nitrogen and oxygen atoms in total. The van der Waals surface area contributed by atoms with Crippen molar-refractivity contribution in [3.63, 3.8) is 0 Å². The minimum Gasteiger partial charge on any atom is -0.376 e. The zero-order valence-corrected chi connectivity index (χ0v) is 23.7. The van der Waals surface area contributed by atoms with Crippen LogP contribution in [-0.4, -0.2) is 17.3 Å². The first-order valence-corrected chi connectivity index (χ1v) is 15.3. The van der Waals surface area contributed by atoms with E-state index >= 15 is 0 Å². The molecule has 2 aliphatic carbocycles. The van der Waals surface area contributed by atoms with Crippen molar-refractivity contribution in [3.8, 4) is 0 Å². The van der Waals surface area contributed by atoms with Crippen molar-refractivity contribution >= 4 is 23.5 Å². The van der Waals surface area contributed by atoms with Crippen LogP contribution in [0, 0.1) is 35.5 Å². The topological polar surface area (TPSA) is 55.8 Å². The van der Waals surface area contributed by atoms with E-state index in [2.05, 4.69) is 57.5 Å². The molecule has 0 aromatic heterocycles. The molecule has 2 saturated carbocycles. The van der Waals surface area contributed by atoms with Gasteiger partial charge in [0.25, 0.3) is 0 Å². The van der Waals surface area contributed by atoms with Crippen molar-refractivity contribution in [2.45, 2.75) is 98.1 Å². The van der Waals surface area contributed by atoms with E-state index in [1.807, 2.05) is 12.1 Å². The lowest BCUT2D eigenvalue weighted by atomic mass is 9.75. The summed E-state index contributed by atoms with van der Waals surface area (Å²) in [5, 5.41) is 11.4. The van der Waals surface area contributed by atoms with E-state index in [0.717, 1.165) is 30.2 Å². The molecular weight excluding hydrogens is 499 g/mol. The van der Waals surface area contributed by atoms with Gasteiger partial charge < -0.3 is 14.2 Å². The zero-order chi connectivity index (χ0) is 24.3. The summed E-state index contributed by atoms with van der Waals surface area (Å²) in [6.07, 6.45) is 5.85. The highest BCUT2D eigenvalue weighted by atomic mass is 79.9. The van der Waals surface area contributed by atoms with Crippen molar-refractivity contribution in [2.24, 2.45) is 35.5 Å². The van der Waals surface area contributed by atoms with Crippen molar-refractivity contribution in [1.29, 1.82) is 0 Å². The summed E-state index contributed by atoms with van der Waals surface area (Å²) in [5.74, 6) is 1.24. The van der Waals surface area contributed by atoms with E-state index in [-0.39, 0.29) is 12.2 Å². The first-order chi connectivity index (χ1) is 15.5. The summed E-state index contributed by atoms with van der Waals surface area (Å²) in [5.41, 5.74) is 0.580. The minimum absolute atomic E-state index is 0.164. The van der Waals surface area contributed by atoms with Crippen LogP contribution in [0.2, 0.25) is 0 Å². The van der Waals surface area contributed by atoms with Gasteiger partial charge in [-0.1, -0.05) is 82.4 Å². The number of aliphatic hydroxyl groups is 1. The number of rotatable bonds is 8. The van der Waals surface area contributed by atoms with Crippen LogP contribution < -0.4 is 0 Å². The van der Waals surface area contributed by atoms with Gasteiger partial charge in [0.05, 0.1) is 12.2 Å². The number of halogens is 1. The van der Waals surface area contributed by atoms with Crippen LogP contribution in [0.15, 0.2) is 28.7 Å². The van der Waals surface area contributed by atoms with Gasteiger partial charge in [-0.3, -0.25) is 4.57 Å². The SMILES string of the molecule is CC(C)[C@H]1CC[C@@H](C)C[C@H]1OP(=O)(O[C@@H]1C[C@@H](C)CC[C@@H]1C(C)C)[C@H](O)c1ccc(Br)cc1. The fourth-order valence-corrected chi connectivity index (χ4v) is 8.13. The van der Waals surface area contributed by atoms with E-state index in [0.29, 0.717) is 41.1 Å². The van der Waals surface area contributed by atoms with E-state index in [4.69, 9.17) is 9.05 Å². The van der Waals surface area contributed by atoms with E-state index < -0.39 is 13.4 Å². The molecule has 6 heteroatoms.